The first-order chi connectivity index (χ1) is 9.56. The molecular weight excluding hydrogens is 254 g/mol. The molecule has 0 atom stereocenters. The van der Waals surface area contributed by atoms with E-state index in [0.29, 0.717) is 12.2 Å². The third-order valence-corrected chi connectivity index (χ3v) is 3.13. The van der Waals surface area contributed by atoms with Gasteiger partial charge in [-0.05, 0) is 46.1 Å². The molecule has 2 aromatic rings. The van der Waals surface area contributed by atoms with Gasteiger partial charge in [0.25, 0.3) is 0 Å². The molecule has 2 rings (SSSR count). The van der Waals surface area contributed by atoms with Crippen molar-refractivity contribution in [1.29, 1.82) is 0 Å². The van der Waals surface area contributed by atoms with Crippen LogP contribution in [0.15, 0.2) is 22.7 Å². The molecule has 5 heteroatoms. The molecule has 20 heavy (non-hydrogen) atoms. The number of aromatic nitrogens is 1. The van der Waals surface area contributed by atoms with Gasteiger partial charge in [-0.3, -0.25) is 4.79 Å². The van der Waals surface area contributed by atoms with Gasteiger partial charge in [-0.25, -0.2) is 0 Å². The normalized spacial score (nSPS) is 11.2. The second kappa shape index (κ2) is 6.52. The third kappa shape index (κ3) is 3.81. The highest BCUT2D eigenvalue weighted by atomic mass is 16.5. The Bertz CT molecular complexity index is 590. The minimum absolute atomic E-state index is 0.0135. The van der Waals surface area contributed by atoms with Crippen LogP contribution in [-0.2, 0) is 11.2 Å². The minimum atomic E-state index is -0.0135. The average molecular weight is 275 g/mol. The Hall–Kier alpha value is -1.88. The van der Waals surface area contributed by atoms with Crippen molar-refractivity contribution in [1.82, 2.24) is 15.4 Å². The molecule has 0 radical (unpaired) electrons. The summed E-state index contributed by atoms with van der Waals surface area (Å²) in [5.74, 6) is -0.0135. The first kappa shape index (κ1) is 14.5. The maximum atomic E-state index is 11.9. The first-order valence-corrected chi connectivity index (χ1v) is 6.82. The molecule has 0 aliphatic carbocycles. The van der Waals surface area contributed by atoms with Crippen molar-refractivity contribution >= 4 is 16.9 Å². The van der Waals surface area contributed by atoms with Gasteiger partial charge in [0, 0.05) is 11.9 Å². The molecule has 0 saturated heterocycles. The van der Waals surface area contributed by atoms with E-state index in [1.54, 1.807) is 0 Å². The van der Waals surface area contributed by atoms with Crippen LogP contribution >= 0.6 is 0 Å². The maximum absolute atomic E-state index is 11.9. The highest BCUT2D eigenvalue weighted by Crippen LogP contribution is 2.20. The van der Waals surface area contributed by atoms with Crippen molar-refractivity contribution in [3.8, 4) is 0 Å². The predicted molar refractivity (Wildman–Crippen MR) is 78.6 cm³/mol. The van der Waals surface area contributed by atoms with Crippen LogP contribution in [-0.4, -0.2) is 43.1 Å². The molecule has 5 nitrogen and oxygen atoms in total. The summed E-state index contributed by atoms with van der Waals surface area (Å²) in [4.78, 5) is 14.0. The van der Waals surface area contributed by atoms with Crippen molar-refractivity contribution < 1.29 is 9.32 Å². The van der Waals surface area contributed by atoms with Crippen LogP contribution in [0.5, 0.6) is 0 Å². The lowest BCUT2D eigenvalue weighted by atomic mass is 10.1. The summed E-state index contributed by atoms with van der Waals surface area (Å²) in [6, 6.07) is 5.86. The van der Waals surface area contributed by atoms with Crippen LogP contribution in [0.2, 0.25) is 0 Å². The molecule has 0 bridgehead atoms. The van der Waals surface area contributed by atoms with Crippen LogP contribution in [0.3, 0.4) is 0 Å². The van der Waals surface area contributed by atoms with Crippen molar-refractivity contribution in [2.75, 3.05) is 27.2 Å². The van der Waals surface area contributed by atoms with Crippen LogP contribution in [0.25, 0.3) is 11.0 Å². The lowest BCUT2D eigenvalue weighted by Crippen LogP contribution is -2.28. The van der Waals surface area contributed by atoms with E-state index in [1.165, 1.54) is 0 Å². The van der Waals surface area contributed by atoms with Gasteiger partial charge in [0.1, 0.15) is 5.69 Å². The van der Waals surface area contributed by atoms with Crippen LogP contribution in [0.1, 0.15) is 17.7 Å². The van der Waals surface area contributed by atoms with Crippen LogP contribution < -0.4 is 5.32 Å². The zero-order valence-electron chi connectivity index (χ0n) is 12.3. The second-order valence-electron chi connectivity index (χ2n) is 5.31. The quantitative estimate of drug-likeness (QED) is 0.816. The number of aryl methyl sites for hydroxylation is 1. The number of nitrogens with zero attached hydrogens (tertiary/aromatic N) is 2. The van der Waals surface area contributed by atoms with Crippen molar-refractivity contribution in [3.05, 3.63) is 29.5 Å². The molecule has 0 aliphatic rings. The minimum Gasteiger partial charge on any atom is -0.356 e. The van der Waals surface area contributed by atoms with Gasteiger partial charge >= 0.3 is 0 Å². The molecule has 1 aromatic carbocycles. The Morgan fingerprint density at radius 2 is 2.20 bits per heavy atom. The number of carbonyl (C=O) groups excluding carboxylic acids is 1. The van der Waals surface area contributed by atoms with E-state index < -0.39 is 0 Å². The van der Waals surface area contributed by atoms with Gasteiger partial charge in [-0.2, -0.15) is 0 Å². The van der Waals surface area contributed by atoms with E-state index >= 15 is 0 Å². The Labute approximate surface area is 118 Å². The Morgan fingerprint density at radius 3 is 2.95 bits per heavy atom. The Balaban J connectivity index is 1.91. The fraction of sp³-hybridized carbons (Fsp3) is 0.467. The zero-order chi connectivity index (χ0) is 14.5. The SMILES string of the molecule is Cc1ccc2onc(CC(=O)NCCCN(C)C)c2c1. The predicted octanol–water partition coefficient (Wildman–Crippen LogP) is 1.75. The monoisotopic (exact) mass is 275 g/mol. The number of fused-ring (bicyclic) bond motifs is 1. The maximum Gasteiger partial charge on any atom is 0.226 e. The molecule has 1 aromatic heterocycles. The van der Waals surface area contributed by atoms with Gasteiger partial charge < -0.3 is 14.7 Å². The summed E-state index contributed by atoms with van der Waals surface area (Å²) in [6.07, 6.45) is 1.20. The fourth-order valence-electron chi connectivity index (χ4n) is 2.07. The van der Waals surface area contributed by atoms with Crippen molar-refractivity contribution in [2.24, 2.45) is 0 Å². The number of carbonyl (C=O) groups is 1. The Kier molecular flexibility index (Phi) is 4.74. The highest BCUT2D eigenvalue weighted by Gasteiger charge is 2.12. The van der Waals surface area contributed by atoms with Gasteiger partial charge in [-0.1, -0.05) is 16.8 Å². The van der Waals surface area contributed by atoms with Crippen molar-refractivity contribution in [2.45, 2.75) is 19.8 Å². The summed E-state index contributed by atoms with van der Waals surface area (Å²) in [7, 11) is 4.04. The summed E-state index contributed by atoms with van der Waals surface area (Å²) < 4.78 is 5.23. The lowest BCUT2D eigenvalue weighted by molar-refractivity contribution is -0.120. The van der Waals surface area contributed by atoms with E-state index in [2.05, 4.69) is 15.4 Å². The number of benzene rings is 1. The zero-order valence-corrected chi connectivity index (χ0v) is 12.3. The van der Waals surface area contributed by atoms with Gasteiger partial charge in [0.2, 0.25) is 5.91 Å². The standard InChI is InChI=1S/C15H21N3O2/c1-11-5-6-14-12(9-11)13(17-20-14)10-15(19)16-7-4-8-18(2)3/h5-6,9H,4,7-8,10H2,1-3H3,(H,16,19). The molecule has 0 unspecified atom stereocenters. The first-order valence-electron chi connectivity index (χ1n) is 6.82. The van der Waals surface area contributed by atoms with Gasteiger partial charge in [-0.15, -0.1) is 0 Å². The average Bonchev–Trinajstić information content (AvgIpc) is 2.77. The number of hydrogen-bond donors (Lipinski definition) is 1. The van der Waals surface area contributed by atoms with E-state index in [0.717, 1.165) is 29.5 Å². The molecule has 0 saturated carbocycles. The van der Waals surface area contributed by atoms with Crippen LogP contribution in [0, 0.1) is 6.92 Å². The van der Waals surface area contributed by atoms with E-state index in [4.69, 9.17) is 4.52 Å². The van der Waals surface area contributed by atoms with Gasteiger partial charge in [0.05, 0.1) is 6.42 Å². The second-order valence-corrected chi connectivity index (χ2v) is 5.31. The molecule has 0 spiro atoms. The summed E-state index contributed by atoms with van der Waals surface area (Å²) in [5, 5.41) is 7.82. The lowest BCUT2D eigenvalue weighted by Gasteiger charge is -2.09. The van der Waals surface area contributed by atoms with E-state index in [-0.39, 0.29) is 12.3 Å². The molecular formula is C15H21N3O2. The third-order valence-electron chi connectivity index (χ3n) is 3.13. The van der Waals surface area contributed by atoms with Gasteiger partial charge in [0.15, 0.2) is 5.58 Å². The van der Waals surface area contributed by atoms with E-state index in [9.17, 15) is 4.79 Å². The van der Waals surface area contributed by atoms with E-state index in [1.807, 2.05) is 39.2 Å². The molecule has 1 heterocycles. The fourth-order valence-corrected chi connectivity index (χ4v) is 2.07. The smallest absolute Gasteiger partial charge is 0.226 e. The summed E-state index contributed by atoms with van der Waals surface area (Å²) >= 11 is 0. The summed E-state index contributed by atoms with van der Waals surface area (Å²) in [5.41, 5.74) is 2.56. The summed E-state index contributed by atoms with van der Waals surface area (Å²) in [6.45, 7) is 3.66. The molecule has 1 amide bonds. The highest BCUT2D eigenvalue weighted by molar-refractivity contribution is 5.86. The largest absolute Gasteiger partial charge is 0.356 e. The molecule has 1 N–H and O–H groups in total. The number of nitrogens with one attached hydrogen (secondary N) is 1. The molecule has 108 valence electrons. The number of hydrogen-bond acceptors (Lipinski definition) is 4. The Morgan fingerprint density at radius 1 is 1.40 bits per heavy atom. The molecule has 0 fully saturated rings. The number of amides is 1. The van der Waals surface area contributed by atoms with Crippen molar-refractivity contribution in [3.63, 3.8) is 0 Å². The number of rotatable bonds is 6. The topological polar surface area (TPSA) is 58.4 Å². The molecule has 0 aliphatic heterocycles. The van der Waals surface area contributed by atoms with Crippen LogP contribution in [0.4, 0.5) is 0 Å².